The van der Waals surface area contributed by atoms with Crippen molar-refractivity contribution in [3.63, 3.8) is 0 Å². The number of primary amides is 2. The zero-order chi connectivity index (χ0) is 20.9. The maximum atomic E-state index is 12.0. The number of carbonyl (C=O) groups excluding carboxylic acids is 2. The summed E-state index contributed by atoms with van der Waals surface area (Å²) in [4.78, 5) is 29.0. The van der Waals surface area contributed by atoms with Gasteiger partial charge in [0.15, 0.2) is 5.82 Å². The minimum absolute atomic E-state index is 0.0219. The predicted octanol–water partition coefficient (Wildman–Crippen LogP) is 2.47. The Bertz CT molecular complexity index is 1180. The van der Waals surface area contributed by atoms with Crippen molar-refractivity contribution in [2.24, 2.45) is 16.5 Å². The second-order valence-corrected chi connectivity index (χ2v) is 8.15. The fourth-order valence-electron chi connectivity index (χ4n) is 3.45. The van der Waals surface area contributed by atoms with Gasteiger partial charge in [0.25, 0.3) is 5.91 Å². The van der Waals surface area contributed by atoms with Crippen LogP contribution >= 0.6 is 22.9 Å². The largest absolute Gasteiger partial charge is 0.370 e. The highest BCUT2D eigenvalue weighted by Gasteiger charge is 2.33. The maximum Gasteiger partial charge on any atom is 0.259 e. The number of hydrogen-bond acceptors (Lipinski definition) is 6. The lowest BCUT2D eigenvalue weighted by Crippen LogP contribution is -2.17. The van der Waals surface area contributed by atoms with Gasteiger partial charge in [0, 0.05) is 16.1 Å². The van der Waals surface area contributed by atoms with Gasteiger partial charge in [0.05, 0.1) is 17.0 Å². The van der Waals surface area contributed by atoms with Crippen LogP contribution in [0, 0.1) is 13.8 Å². The average Bonchev–Trinajstić information content (AvgIpc) is 3.15. The molecule has 0 aliphatic carbocycles. The van der Waals surface area contributed by atoms with Gasteiger partial charge in [0.1, 0.15) is 16.9 Å². The van der Waals surface area contributed by atoms with E-state index in [0.717, 1.165) is 16.1 Å². The number of nitrogens with zero attached hydrogens (tertiary/aromatic N) is 4. The first-order valence-corrected chi connectivity index (χ1v) is 9.95. The minimum atomic E-state index is -0.615. The fourth-order valence-corrected chi connectivity index (χ4v) is 4.79. The molecule has 29 heavy (non-hydrogen) atoms. The number of nitrogens with two attached hydrogens (primary N) is 2. The van der Waals surface area contributed by atoms with E-state index < -0.39 is 17.9 Å². The molecule has 0 radical (unpaired) electrons. The summed E-state index contributed by atoms with van der Waals surface area (Å²) in [5.41, 5.74) is 14.0. The Kier molecular flexibility index (Phi) is 4.71. The Morgan fingerprint density at radius 1 is 1.17 bits per heavy atom. The molecule has 8 nitrogen and oxygen atoms in total. The van der Waals surface area contributed by atoms with Crippen molar-refractivity contribution in [3.05, 3.63) is 62.5 Å². The number of aryl methyl sites for hydroxylation is 1. The minimum Gasteiger partial charge on any atom is -0.370 e. The van der Waals surface area contributed by atoms with Gasteiger partial charge in [-0.2, -0.15) is 0 Å². The van der Waals surface area contributed by atoms with Gasteiger partial charge < -0.3 is 11.5 Å². The summed E-state index contributed by atoms with van der Waals surface area (Å²) in [6.45, 7) is 3.63. The standard InChI is InChI=1S/C19H17ClN6O2S/c1-8-14-15(10-3-5-11(20)6-4-10)23-12(7-13(21)27)18-25-24-9(2)26(18)19(14)29-16(8)17(22)28/h3-6,12H,7H2,1-2H3,(H2,21,27)(H2,22,28)/t12-/m0/s1. The van der Waals surface area contributed by atoms with Crippen molar-refractivity contribution in [2.45, 2.75) is 26.3 Å². The monoisotopic (exact) mass is 428 g/mol. The molecule has 0 bridgehead atoms. The Morgan fingerprint density at radius 2 is 1.86 bits per heavy atom. The molecule has 4 rings (SSSR count). The highest BCUT2D eigenvalue weighted by molar-refractivity contribution is 7.17. The van der Waals surface area contributed by atoms with E-state index in [1.165, 1.54) is 11.3 Å². The van der Waals surface area contributed by atoms with Gasteiger partial charge in [-0.15, -0.1) is 21.5 Å². The van der Waals surface area contributed by atoms with E-state index in [1.807, 2.05) is 23.6 Å². The number of aliphatic imine (C=N–C) groups is 1. The highest BCUT2D eigenvalue weighted by Crippen LogP contribution is 2.39. The van der Waals surface area contributed by atoms with Crippen LogP contribution in [0.3, 0.4) is 0 Å². The molecule has 0 spiro atoms. The first-order chi connectivity index (χ1) is 13.8. The molecule has 2 aromatic heterocycles. The number of rotatable bonds is 4. The summed E-state index contributed by atoms with van der Waals surface area (Å²) < 4.78 is 1.82. The van der Waals surface area contributed by atoms with Crippen LogP contribution in [-0.4, -0.2) is 32.3 Å². The number of fused-ring (bicyclic) bond motifs is 3. The number of aromatic nitrogens is 3. The topological polar surface area (TPSA) is 129 Å². The Labute approximate surface area is 175 Å². The third kappa shape index (κ3) is 3.22. The molecule has 0 saturated heterocycles. The van der Waals surface area contributed by atoms with Crippen molar-refractivity contribution in [2.75, 3.05) is 0 Å². The molecule has 10 heteroatoms. The molecule has 0 saturated carbocycles. The van der Waals surface area contributed by atoms with E-state index in [9.17, 15) is 9.59 Å². The maximum absolute atomic E-state index is 12.0. The molecule has 0 unspecified atom stereocenters. The predicted molar refractivity (Wildman–Crippen MR) is 111 cm³/mol. The molecular weight excluding hydrogens is 412 g/mol. The number of halogens is 1. The summed E-state index contributed by atoms with van der Waals surface area (Å²) in [6, 6.07) is 6.58. The summed E-state index contributed by atoms with van der Waals surface area (Å²) in [7, 11) is 0. The summed E-state index contributed by atoms with van der Waals surface area (Å²) in [5, 5.41) is 9.72. The fraction of sp³-hybridized carbons (Fsp3) is 0.211. The van der Waals surface area contributed by atoms with E-state index in [2.05, 4.69) is 10.2 Å². The first-order valence-electron chi connectivity index (χ1n) is 8.75. The average molecular weight is 429 g/mol. The normalized spacial score (nSPS) is 15.3. The van der Waals surface area contributed by atoms with Crippen LogP contribution in [0.4, 0.5) is 0 Å². The number of benzene rings is 1. The highest BCUT2D eigenvalue weighted by atomic mass is 35.5. The number of hydrogen-bond donors (Lipinski definition) is 2. The SMILES string of the molecule is Cc1c(C(N)=O)sc2c1C(c1ccc(Cl)cc1)=N[C@@H](CC(N)=O)c1nnc(C)n1-2. The molecule has 3 aromatic rings. The van der Waals surface area contributed by atoms with Gasteiger partial charge >= 0.3 is 0 Å². The van der Waals surface area contributed by atoms with Crippen LogP contribution in [0.5, 0.6) is 0 Å². The van der Waals surface area contributed by atoms with Gasteiger partial charge in [0.2, 0.25) is 5.91 Å². The van der Waals surface area contributed by atoms with E-state index >= 15 is 0 Å². The summed E-state index contributed by atoms with van der Waals surface area (Å²) in [6.07, 6.45) is -0.0219. The smallest absolute Gasteiger partial charge is 0.259 e. The lowest BCUT2D eigenvalue weighted by molar-refractivity contribution is -0.118. The van der Waals surface area contributed by atoms with Crippen LogP contribution in [-0.2, 0) is 4.79 Å². The lowest BCUT2D eigenvalue weighted by atomic mass is 9.99. The van der Waals surface area contributed by atoms with Crippen molar-refractivity contribution in [1.82, 2.24) is 14.8 Å². The molecule has 0 fully saturated rings. The first kappa shape index (κ1) is 19.3. The molecule has 2 amide bonds. The molecule has 148 valence electrons. The van der Waals surface area contributed by atoms with Gasteiger partial charge in [-0.05, 0) is 31.5 Å². The van der Waals surface area contributed by atoms with Crippen molar-refractivity contribution >= 4 is 40.5 Å². The Hall–Kier alpha value is -3.04. The van der Waals surface area contributed by atoms with E-state index in [1.54, 1.807) is 19.1 Å². The van der Waals surface area contributed by atoms with E-state index in [-0.39, 0.29) is 6.42 Å². The molecule has 4 N–H and O–H groups in total. The zero-order valence-corrected chi connectivity index (χ0v) is 17.2. The number of carbonyl (C=O) groups is 2. The summed E-state index contributed by atoms with van der Waals surface area (Å²) in [5.74, 6) is 0.0857. The van der Waals surface area contributed by atoms with Gasteiger partial charge in [-0.3, -0.25) is 19.1 Å². The van der Waals surface area contributed by atoms with Crippen molar-refractivity contribution < 1.29 is 9.59 Å². The van der Waals surface area contributed by atoms with Crippen LogP contribution in [0.25, 0.3) is 5.00 Å². The van der Waals surface area contributed by atoms with Gasteiger partial charge in [-0.25, -0.2) is 0 Å². The molecule has 1 aromatic carbocycles. The number of amides is 2. The third-order valence-corrected chi connectivity index (χ3v) is 6.28. The van der Waals surface area contributed by atoms with Crippen LogP contribution in [0.1, 0.15) is 50.5 Å². The molecule has 1 aliphatic heterocycles. The van der Waals surface area contributed by atoms with E-state index in [0.29, 0.717) is 32.8 Å². The Balaban J connectivity index is 2.06. The second kappa shape index (κ2) is 7.09. The van der Waals surface area contributed by atoms with Crippen molar-refractivity contribution in [3.8, 4) is 5.00 Å². The van der Waals surface area contributed by atoms with Crippen molar-refractivity contribution in [1.29, 1.82) is 0 Å². The molecule has 1 atom stereocenters. The van der Waals surface area contributed by atoms with E-state index in [4.69, 9.17) is 28.1 Å². The second-order valence-electron chi connectivity index (χ2n) is 6.71. The molecule has 1 aliphatic rings. The summed E-state index contributed by atoms with van der Waals surface area (Å²) >= 11 is 7.30. The Morgan fingerprint density at radius 3 is 2.48 bits per heavy atom. The van der Waals surface area contributed by atoms with Gasteiger partial charge in [-0.1, -0.05) is 23.7 Å². The van der Waals surface area contributed by atoms with Crippen LogP contribution in [0.2, 0.25) is 5.02 Å². The molecule has 3 heterocycles. The quantitative estimate of drug-likeness (QED) is 0.661. The number of thiophene rings is 1. The third-order valence-electron chi connectivity index (χ3n) is 4.74. The van der Waals surface area contributed by atoms with Crippen LogP contribution < -0.4 is 11.5 Å². The lowest BCUT2D eigenvalue weighted by Gasteiger charge is -2.11. The zero-order valence-electron chi connectivity index (χ0n) is 15.6. The molecular formula is C19H17ClN6O2S. The van der Waals surface area contributed by atoms with Crippen LogP contribution in [0.15, 0.2) is 29.3 Å².